The third-order valence-corrected chi connectivity index (χ3v) is 8.12. The second-order valence-corrected chi connectivity index (χ2v) is 11.9. The highest BCUT2D eigenvalue weighted by Gasteiger charge is 2.40. The van der Waals surface area contributed by atoms with Crippen LogP contribution in [0.3, 0.4) is 0 Å². The summed E-state index contributed by atoms with van der Waals surface area (Å²) < 4.78 is 67.4. The number of hydrogen-bond donors (Lipinski definition) is 2. The number of nitrogens with zero attached hydrogens (tertiary/aromatic N) is 5. The average molecular weight is 608 g/mol. The molecule has 3 heterocycles. The molecular weight excluding hydrogens is 573 g/mol. The third kappa shape index (κ3) is 7.82. The molecule has 14 heteroatoms. The molecule has 0 bridgehead atoms. The molecule has 2 aliphatic carbocycles. The molecule has 3 aromatic heterocycles. The summed E-state index contributed by atoms with van der Waals surface area (Å²) in [5.74, 6) is -4.10. The minimum Gasteiger partial charge on any atom is -0.349 e. The van der Waals surface area contributed by atoms with Crippen molar-refractivity contribution >= 4 is 17.5 Å². The highest BCUT2D eigenvalue weighted by Crippen LogP contribution is 2.43. The van der Waals surface area contributed by atoms with Gasteiger partial charge in [-0.25, -0.2) is 28.2 Å². The van der Waals surface area contributed by atoms with E-state index in [1.165, 1.54) is 17.0 Å². The van der Waals surface area contributed by atoms with Crippen molar-refractivity contribution in [3.63, 3.8) is 0 Å². The van der Waals surface area contributed by atoms with Crippen molar-refractivity contribution in [2.45, 2.75) is 95.3 Å². The Hall–Kier alpha value is -3.71. The molecule has 232 valence electrons. The zero-order chi connectivity index (χ0) is 30.9. The van der Waals surface area contributed by atoms with E-state index in [2.05, 4.69) is 25.7 Å². The van der Waals surface area contributed by atoms with Crippen LogP contribution in [-0.2, 0) is 4.79 Å². The van der Waals surface area contributed by atoms with Crippen LogP contribution in [0.25, 0.3) is 5.65 Å². The van der Waals surface area contributed by atoms with E-state index < -0.39 is 48.8 Å². The van der Waals surface area contributed by atoms with Gasteiger partial charge in [0.2, 0.25) is 11.8 Å². The number of rotatable bonds is 10. The van der Waals surface area contributed by atoms with E-state index in [0.29, 0.717) is 22.6 Å². The van der Waals surface area contributed by atoms with Crippen molar-refractivity contribution < 1.29 is 31.5 Å². The van der Waals surface area contributed by atoms with Crippen LogP contribution in [0.2, 0.25) is 0 Å². The normalized spacial score (nSPS) is 18.9. The van der Waals surface area contributed by atoms with E-state index in [-0.39, 0.29) is 49.1 Å². The van der Waals surface area contributed by atoms with Gasteiger partial charge in [0.25, 0.3) is 5.91 Å². The Morgan fingerprint density at radius 3 is 2.35 bits per heavy atom. The molecule has 0 aromatic carbocycles. The number of hydrogen-bond acceptors (Lipinski definition) is 6. The molecule has 0 aliphatic heterocycles. The van der Waals surface area contributed by atoms with Gasteiger partial charge in [-0.15, -0.1) is 0 Å². The van der Waals surface area contributed by atoms with Crippen molar-refractivity contribution in [1.82, 2.24) is 35.2 Å². The number of nitrogens with one attached hydrogen (secondary N) is 2. The van der Waals surface area contributed by atoms with E-state index in [9.17, 15) is 31.5 Å². The number of aromatic nitrogens is 5. The molecular formula is C29H34F5N7O2. The van der Waals surface area contributed by atoms with Crippen LogP contribution >= 0.6 is 0 Å². The monoisotopic (exact) mass is 607 g/mol. The number of halogens is 5. The Morgan fingerprint density at radius 1 is 1.00 bits per heavy atom. The summed E-state index contributed by atoms with van der Waals surface area (Å²) in [5, 5.41) is 10.1. The van der Waals surface area contributed by atoms with Gasteiger partial charge in [0, 0.05) is 25.0 Å². The summed E-state index contributed by atoms with van der Waals surface area (Å²) in [6.07, 6.45) is -0.429. The van der Waals surface area contributed by atoms with Crippen molar-refractivity contribution in [2.24, 2.45) is 11.8 Å². The van der Waals surface area contributed by atoms with Crippen LogP contribution in [0.4, 0.5) is 22.0 Å². The number of fused-ring (bicyclic) bond motifs is 1. The van der Waals surface area contributed by atoms with Gasteiger partial charge in [0.15, 0.2) is 5.65 Å². The highest BCUT2D eigenvalue weighted by molar-refractivity contribution is 5.92. The maximum absolute atomic E-state index is 14.0. The van der Waals surface area contributed by atoms with Crippen molar-refractivity contribution in [2.75, 3.05) is 0 Å². The van der Waals surface area contributed by atoms with Gasteiger partial charge in [0.1, 0.15) is 12.0 Å². The zero-order valence-electron chi connectivity index (χ0n) is 23.9. The Morgan fingerprint density at radius 2 is 1.70 bits per heavy atom. The summed E-state index contributed by atoms with van der Waals surface area (Å²) in [5.41, 5.74) is 2.28. The second kappa shape index (κ2) is 12.1. The fourth-order valence-corrected chi connectivity index (χ4v) is 5.49. The van der Waals surface area contributed by atoms with Crippen molar-refractivity contribution in [3.05, 3.63) is 53.5 Å². The summed E-state index contributed by atoms with van der Waals surface area (Å²) >= 11 is 0. The molecule has 2 atom stereocenters. The topological polar surface area (TPSA) is 114 Å². The molecule has 0 spiro atoms. The lowest BCUT2D eigenvalue weighted by molar-refractivity contribution is -0.144. The smallest absolute Gasteiger partial charge is 0.349 e. The van der Waals surface area contributed by atoms with Crippen LogP contribution in [0.15, 0.2) is 30.9 Å². The van der Waals surface area contributed by atoms with Gasteiger partial charge in [-0.3, -0.25) is 9.59 Å². The van der Waals surface area contributed by atoms with Crippen LogP contribution in [0.1, 0.15) is 111 Å². The standard InChI is InChI=1S/C29H34F5N7O2/c1-16(2)20-12-21(36-15-35-20)27(43)40-26(18-5-8-28(30,31)9-6-18)22-14-41-23(38-22)11-19(13-37-41)25(17-3-4-17)39-24(42)7-10-29(32,33)34/h11-18,25-26H,3-10H2,1-2H3,(H,39,42)(H,40,43)/t25?,26-/m0/s1. The average Bonchev–Trinajstić information content (AvgIpc) is 3.71. The second-order valence-electron chi connectivity index (χ2n) is 11.9. The fraction of sp³-hybridized carbons (Fsp3) is 0.586. The van der Waals surface area contributed by atoms with E-state index in [1.54, 1.807) is 18.3 Å². The van der Waals surface area contributed by atoms with Crippen LogP contribution < -0.4 is 10.6 Å². The quantitative estimate of drug-likeness (QED) is 0.280. The lowest BCUT2D eigenvalue weighted by Gasteiger charge is -2.33. The third-order valence-electron chi connectivity index (χ3n) is 8.12. The lowest BCUT2D eigenvalue weighted by Crippen LogP contribution is -2.37. The summed E-state index contributed by atoms with van der Waals surface area (Å²) in [7, 11) is 0. The first-order valence-corrected chi connectivity index (χ1v) is 14.5. The minimum atomic E-state index is -4.43. The van der Waals surface area contributed by atoms with Crippen LogP contribution in [-0.4, -0.2) is 48.5 Å². The minimum absolute atomic E-state index is 0.0681. The molecule has 2 N–H and O–H groups in total. The molecule has 2 amide bonds. The molecule has 0 radical (unpaired) electrons. The maximum atomic E-state index is 14.0. The van der Waals surface area contributed by atoms with E-state index in [0.717, 1.165) is 12.8 Å². The molecule has 9 nitrogen and oxygen atoms in total. The van der Waals surface area contributed by atoms with Gasteiger partial charge in [-0.2, -0.15) is 18.3 Å². The highest BCUT2D eigenvalue weighted by atomic mass is 19.4. The van der Waals surface area contributed by atoms with Gasteiger partial charge >= 0.3 is 6.18 Å². The first-order chi connectivity index (χ1) is 20.3. The van der Waals surface area contributed by atoms with E-state index in [1.807, 2.05) is 13.8 Å². The largest absolute Gasteiger partial charge is 0.389 e. The predicted molar refractivity (Wildman–Crippen MR) is 145 cm³/mol. The SMILES string of the molecule is CC(C)c1cc(C(=O)N[C@H](c2cn3ncc(C(NC(=O)CCC(F)(F)F)C4CC4)cc3n2)C2CCC(F)(F)CC2)ncn1. The number of amides is 2. The molecule has 43 heavy (non-hydrogen) atoms. The van der Waals surface area contributed by atoms with Crippen molar-refractivity contribution in [3.8, 4) is 0 Å². The fourth-order valence-electron chi connectivity index (χ4n) is 5.49. The molecule has 2 saturated carbocycles. The number of carbonyl (C=O) groups is 2. The summed E-state index contributed by atoms with van der Waals surface area (Å²) in [6.45, 7) is 3.88. The lowest BCUT2D eigenvalue weighted by atomic mass is 9.81. The molecule has 2 fully saturated rings. The summed E-state index contributed by atoms with van der Waals surface area (Å²) in [6, 6.07) is 2.09. The predicted octanol–water partition coefficient (Wildman–Crippen LogP) is 5.85. The molecule has 3 aromatic rings. The summed E-state index contributed by atoms with van der Waals surface area (Å²) in [4.78, 5) is 38.6. The van der Waals surface area contributed by atoms with Crippen LogP contribution in [0.5, 0.6) is 0 Å². The molecule has 0 saturated heterocycles. The number of alkyl halides is 5. The Bertz CT molecular complexity index is 1460. The Balaban J connectivity index is 1.40. The number of imidazole rings is 1. The maximum Gasteiger partial charge on any atom is 0.389 e. The van der Waals surface area contributed by atoms with Crippen molar-refractivity contribution in [1.29, 1.82) is 0 Å². The van der Waals surface area contributed by atoms with E-state index in [4.69, 9.17) is 4.98 Å². The zero-order valence-corrected chi connectivity index (χ0v) is 23.9. The van der Waals surface area contributed by atoms with Gasteiger partial charge in [-0.1, -0.05) is 13.8 Å². The Kier molecular flexibility index (Phi) is 8.66. The van der Waals surface area contributed by atoms with Gasteiger partial charge in [0.05, 0.1) is 36.6 Å². The Labute approximate surface area is 245 Å². The van der Waals surface area contributed by atoms with E-state index >= 15 is 0 Å². The first-order valence-electron chi connectivity index (χ1n) is 14.5. The molecule has 5 rings (SSSR count). The van der Waals surface area contributed by atoms with Gasteiger partial charge in [-0.05, 0) is 61.1 Å². The molecule has 2 aliphatic rings. The van der Waals surface area contributed by atoms with Gasteiger partial charge < -0.3 is 10.6 Å². The van der Waals surface area contributed by atoms with Crippen LogP contribution in [0, 0.1) is 11.8 Å². The first kappa shape index (κ1) is 30.7. The molecule has 1 unspecified atom stereocenters. The number of carbonyl (C=O) groups excluding carboxylic acids is 2.